The molecule has 41 heavy (non-hydrogen) atoms. The van der Waals surface area contributed by atoms with E-state index in [9.17, 15) is 18.8 Å². The average molecular weight is 548 g/mol. The van der Waals surface area contributed by atoms with Crippen LogP contribution < -0.4 is 10.6 Å². The van der Waals surface area contributed by atoms with E-state index in [1.165, 1.54) is 24.3 Å². The Kier molecular flexibility index (Phi) is 6.30. The van der Waals surface area contributed by atoms with Crippen LogP contribution in [0.1, 0.15) is 38.2 Å². The van der Waals surface area contributed by atoms with Gasteiger partial charge in [-0.05, 0) is 72.5 Å². The summed E-state index contributed by atoms with van der Waals surface area (Å²) >= 11 is 0. The lowest BCUT2D eigenvalue weighted by atomic mass is 9.68. The average Bonchev–Trinajstić information content (AvgIpc) is 3.39. The largest absolute Gasteiger partial charge is 0.384 e. The first kappa shape index (κ1) is 26.2. The van der Waals surface area contributed by atoms with Crippen molar-refractivity contribution < 1.29 is 13.6 Å². The lowest BCUT2D eigenvalue weighted by Gasteiger charge is -2.43. The molecule has 0 radical (unpaired) electrons. The van der Waals surface area contributed by atoms with Crippen molar-refractivity contribution >= 4 is 11.5 Å². The first-order chi connectivity index (χ1) is 19.7. The number of allylic oxidation sites excluding steroid dienone is 3. The van der Waals surface area contributed by atoms with Crippen LogP contribution in [-0.4, -0.2) is 15.6 Å². The van der Waals surface area contributed by atoms with E-state index >= 15 is 0 Å². The van der Waals surface area contributed by atoms with Gasteiger partial charge in [0.05, 0.1) is 28.9 Å². The highest BCUT2D eigenvalue weighted by Crippen LogP contribution is 2.51. The van der Waals surface area contributed by atoms with Crippen molar-refractivity contribution in [1.29, 1.82) is 5.26 Å². The van der Waals surface area contributed by atoms with Crippen LogP contribution in [0.3, 0.4) is 0 Å². The van der Waals surface area contributed by atoms with E-state index in [-0.39, 0.29) is 34.8 Å². The molecule has 1 unspecified atom stereocenters. The minimum Gasteiger partial charge on any atom is -0.384 e. The highest BCUT2D eigenvalue weighted by molar-refractivity contribution is 6.02. The molecule has 6 rings (SSSR count). The molecule has 2 heterocycles. The third-order valence-electron chi connectivity index (χ3n) is 7.66. The monoisotopic (exact) mass is 547 g/mol. The molecule has 3 aromatic carbocycles. The number of carbonyl (C=O) groups excluding carboxylic acids is 1. The van der Waals surface area contributed by atoms with Crippen LogP contribution in [0.2, 0.25) is 0 Å². The van der Waals surface area contributed by atoms with E-state index < -0.39 is 11.7 Å². The summed E-state index contributed by atoms with van der Waals surface area (Å²) in [5, 5.41) is 15.4. The second kappa shape index (κ2) is 9.86. The number of nitrogens with two attached hydrogens (primary N) is 1. The fourth-order valence-corrected chi connectivity index (χ4v) is 5.85. The molecule has 0 spiro atoms. The molecule has 0 bridgehead atoms. The SMILES string of the molecule is CC1(C)CC(=O)C2=C(C1)N(c1ccc(F)cc1)C(N)=C(C#N)C2c1cn(-c2ccccc2)nc1-c1ccc(F)cc1. The van der Waals surface area contributed by atoms with Crippen molar-refractivity contribution in [2.24, 2.45) is 11.1 Å². The maximum Gasteiger partial charge on any atom is 0.162 e. The molecule has 0 fully saturated rings. The van der Waals surface area contributed by atoms with Crippen LogP contribution in [0.15, 0.2) is 108 Å². The van der Waals surface area contributed by atoms with E-state index in [1.54, 1.807) is 33.8 Å². The summed E-state index contributed by atoms with van der Waals surface area (Å²) in [6, 6.07) is 23.6. The number of hydrogen-bond donors (Lipinski definition) is 1. The van der Waals surface area contributed by atoms with Gasteiger partial charge in [0, 0.05) is 40.7 Å². The summed E-state index contributed by atoms with van der Waals surface area (Å²) in [7, 11) is 0. The number of ketones is 1. The van der Waals surface area contributed by atoms with E-state index in [4.69, 9.17) is 10.8 Å². The number of nitriles is 1. The molecule has 0 amide bonds. The molecule has 1 atom stereocenters. The van der Waals surface area contributed by atoms with Crippen molar-refractivity contribution in [3.8, 4) is 23.0 Å². The Morgan fingerprint density at radius 2 is 1.56 bits per heavy atom. The highest BCUT2D eigenvalue weighted by atomic mass is 19.1. The van der Waals surface area contributed by atoms with Crippen molar-refractivity contribution in [3.05, 3.63) is 125 Å². The molecule has 6 nitrogen and oxygen atoms in total. The van der Waals surface area contributed by atoms with Gasteiger partial charge in [-0.2, -0.15) is 10.4 Å². The topological polar surface area (TPSA) is 87.9 Å². The quantitative estimate of drug-likeness (QED) is 0.305. The Morgan fingerprint density at radius 1 is 0.927 bits per heavy atom. The number of nitrogens with zero attached hydrogens (tertiary/aromatic N) is 4. The molecule has 2 aliphatic rings. The van der Waals surface area contributed by atoms with E-state index in [1.807, 2.05) is 50.4 Å². The molecule has 1 aliphatic heterocycles. The Balaban J connectivity index is 1.63. The lowest BCUT2D eigenvalue weighted by Crippen LogP contribution is -2.42. The number of anilines is 1. The van der Waals surface area contributed by atoms with Crippen molar-refractivity contribution in [1.82, 2.24) is 9.78 Å². The predicted molar refractivity (Wildman–Crippen MR) is 152 cm³/mol. The first-order valence-electron chi connectivity index (χ1n) is 13.3. The Labute approximate surface area is 236 Å². The first-order valence-corrected chi connectivity index (χ1v) is 13.3. The minimum atomic E-state index is -0.798. The smallest absolute Gasteiger partial charge is 0.162 e. The maximum absolute atomic E-state index is 14.0. The third kappa shape index (κ3) is 4.59. The highest BCUT2D eigenvalue weighted by Gasteiger charge is 2.46. The minimum absolute atomic E-state index is 0.0915. The number of hydrogen-bond acceptors (Lipinski definition) is 5. The molecule has 204 valence electrons. The van der Waals surface area contributed by atoms with Gasteiger partial charge in [0.15, 0.2) is 5.78 Å². The summed E-state index contributed by atoms with van der Waals surface area (Å²) in [6.45, 7) is 4.03. The van der Waals surface area contributed by atoms with Crippen LogP contribution in [0, 0.1) is 28.4 Å². The summed E-state index contributed by atoms with van der Waals surface area (Å²) in [5.41, 5.74) is 10.8. The molecular formula is C33H27F2N5O. The zero-order valence-corrected chi connectivity index (χ0v) is 22.6. The fraction of sp³-hybridized carbons (Fsp3) is 0.182. The summed E-state index contributed by atoms with van der Waals surface area (Å²) in [5.74, 6) is -1.51. The van der Waals surface area contributed by atoms with Crippen LogP contribution in [0.25, 0.3) is 16.9 Å². The van der Waals surface area contributed by atoms with Crippen LogP contribution in [0.5, 0.6) is 0 Å². The number of aromatic nitrogens is 2. The van der Waals surface area contributed by atoms with Crippen molar-refractivity contribution in [2.75, 3.05) is 4.90 Å². The molecule has 1 aromatic heterocycles. The number of rotatable bonds is 4. The number of benzene rings is 3. The zero-order chi connectivity index (χ0) is 28.9. The Hall–Kier alpha value is -5.03. The van der Waals surface area contributed by atoms with E-state index in [0.29, 0.717) is 40.2 Å². The van der Waals surface area contributed by atoms with Gasteiger partial charge in [-0.1, -0.05) is 32.0 Å². The summed E-state index contributed by atoms with van der Waals surface area (Å²) in [6.07, 6.45) is 2.62. The second-order valence-electron chi connectivity index (χ2n) is 11.2. The standard InChI is InChI=1S/C33H27F2N5O/c1-33(2)16-27-30(28(41)17-33)29(25(18-36)32(37)40(27)24-14-12-22(35)13-15-24)26-19-39(23-6-4-3-5-7-23)38-31(26)20-8-10-21(34)11-9-20/h3-15,19,29H,16-17,37H2,1-2H3. The normalized spacial score (nSPS) is 18.4. The molecule has 0 saturated carbocycles. The van der Waals surface area contributed by atoms with Gasteiger partial charge in [-0.3, -0.25) is 9.69 Å². The van der Waals surface area contributed by atoms with Gasteiger partial charge in [0.1, 0.15) is 17.5 Å². The number of halogens is 2. The van der Waals surface area contributed by atoms with Gasteiger partial charge in [0.2, 0.25) is 0 Å². The summed E-state index contributed by atoms with van der Waals surface area (Å²) < 4.78 is 29.4. The molecule has 8 heteroatoms. The van der Waals surface area contributed by atoms with Gasteiger partial charge >= 0.3 is 0 Å². The molecule has 0 saturated heterocycles. The Bertz CT molecular complexity index is 1760. The zero-order valence-electron chi connectivity index (χ0n) is 22.6. The predicted octanol–water partition coefficient (Wildman–Crippen LogP) is 6.76. The Morgan fingerprint density at radius 3 is 2.20 bits per heavy atom. The summed E-state index contributed by atoms with van der Waals surface area (Å²) in [4.78, 5) is 15.7. The number of carbonyl (C=O) groups is 1. The van der Waals surface area contributed by atoms with Gasteiger partial charge in [-0.15, -0.1) is 0 Å². The van der Waals surface area contributed by atoms with Gasteiger partial charge in [0.25, 0.3) is 0 Å². The fourth-order valence-electron chi connectivity index (χ4n) is 5.85. The molecule has 1 aliphatic carbocycles. The number of para-hydroxylation sites is 1. The molecule has 4 aromatic rings. The maximum atomic E-state index is 14.0. The van der Waals surface area contributed by atoms with Crippen LogP contribution in [-0.2, 0) is 4.79 Å². The molecule has 2 N–H and O–H groups in total. The van der Waals surface area contributed by atoms with Gasteiger partial charge in [-0.25, -0.2) is 13.5 Å². The van der Waals surface area contributed by atoms with Gasteiger partial charge < -0.3 is 5.73 Å². The van der Waals surface area contributed by atoms with Crippen molar-refractivity contribution in [3.63, 3.8) is 0 Å². The van der Waals surface area contributed by atoms with Crippen LogP contribution in [0.4, 0.5) is 14.5 Å². The van der Waals surface area contributed by atoms with E-state index in [2.05, 4.69) is 6.07 Å². The molecular weight excluding hydrogens is 520 g/mol. The van der Waals surface area contributed by atoms with Crippen LogP contribution >= 0.6 is 0 Å². The van der Waals surface area contributed by atoms with Crippen molar-refractivity contribution in [2.45, 2.75) is 32.6 Å². The number of Topliss-reactive ketones (excluding diaryl/α,β-unsaturated/α-hetero) is 1. The third-order valence-corrected chi connectivity index (χ3v) is 7.66. The second-order valence-corrected chi connectivity index (χ2v) is 11.2. The van der Waals surface area contributed by atoms with E-state index in [0.717, 1.165) is 5.69 Å². The lowest BCUT2D eigenvalue weighted by molar-refractivity contribution is -0.118.